The summed E-state index contributed by atoms with van der Waals surface area (Å²) in [5.74, 6) is -0.580. The number of carbonyl (C=O) groups excluding carboxylic acids is 1. The molecule has 0 aliphatic heterocycles. The third kappa shape index (κ3) is 5.45. The van der Waals surface area contributed by atoms with E-state index < -0.39 is 12.0 Å². The van der Waals surface area contributed by atoms with Crippen LogP contribution in [-0.2, 0) is 16.0 Å². The molecule has 0 radical (unpaired) electrons. The van der Waals surface area contributed by atoms with Crippen molar-refractivity contribution in [1.82, 2.24) is 5.32 Å². The van der Waals surface area contributed by atoms with E-state index in [4.69, 9.17) is 9.84 Å². The quantitative estimate of drug-likeness (QED) is 0.770. The summed E-state index contributed by atoms with van der Waals surface area (Å²) in [6.45, 7) is 3.73. The first kappa shape index (κ1) is 17.0. The molecule has 5 heteroatoms. The van der Waals surface area contributed by atoms with E-state index in [1.165, 1.54) is 0 Å². The lowest BCUT2D eigenvalue weighted by atomic mass is 9.99. The van der Waals surface area contributed by atoms with Gasteiger partial charge in [-0.1, -0.05) is 32.4 Å². The van der Waals surface area contributed by atoms with E-state index in [1.54, 1.807) is 7.11 Å². The van der Waals surface area contributed by atoms with Gasteiger partial charge in [0.15, 0.2) is 0 Å². The highest BCUT2D eigenvalue weighted by Gasteiger charge is 2.24. The second-order valence-electron chi connectivity index (χ2n) is 5.12. The molecular weight excluding hydrogens is 270 g/mol. The van der Waals surface area contributed by atoms with Gasteiger partial charge >= 0.3 is 5.97 Å². The molecule has 1 unspecified atom stereocenters. The molecule has 0 heterocycles. The van der Waals surface area contributed by atoms with E-state index in [1.807, 2.05) is 38.1 Å². The maximum absolute atomic E-state index is 11.9. The van der Waals surface area contributed by atoms with Crippen LogP contribution in [0, 0.1) is 5.92 Å². The average molecular weight is 293 g/mol. The van der Waals surface area contributed by atoms with E-state index in [9.17, 15) is 9.59 Å². The number of aryl methyl sites for hydroxylation is 1. The standard InChI is InChI=1S/C16H23NO4/c1-4-11(2)15(16(19)20)17-14(18)9-8-12-6-5-7-13(10-12)21-3/h5-7,10-11,15H,4,8-9H2,1-3H3,(H,17,18)(H,19,20)/t11?,15-/m0/s1. The van der Waals surface area contributed by atoms with Gasteiger partial charge in [-0.05, 0) is 30.0 Å². The highest BCUT2D eigenvalue weighted by atomic mass is 16.5. The third-order valence-corrected chi connectivity index (χ3v) is 3.57. The zero-order valence-electron chi connectivity index (χ0n) is 12.8. The maximum atomic E-state index is 11.9. The Bertz CT molecular complexity index is 487. The predicted octanol–water partition coefficient (Wildman–Crippen LogP) is 2.24. The molecule has 0 aliphatic rings. The number of nitrogens with one attached hydrogen (secondary N) is 1. The summed E-state index contributed by atoms with van der Waals surface area (Å²) in [7, 11) is 1.59. The van der Waals surface area contributed by atoms with Gasteiger partial charge in [0.1, 0.15) is 11.8 Å². The van der Waals surface area contributed by atoms with Crippen molar-refractivity contribution < 1.29 is 19.4 Å². The number of carboxylic acids is 1. The molecule has 1 amide bonds. The SMILES string of the molecule is CCC(C)[C@H](NC(=O)CCc1cccc(OC)c1)C(=O)O. The van der Waals surface area contributed by atoms with Crippen LogP contribution in [0.15, 0.2) is 24.3 Å². The molecule has 0 saturated heterocycles. The second kappa shape index (κ2) is 8.29. The normalized spacial score (nSPS) is 13.3. The van der Waals surface area contributed by atoms with Crippen LogP contribution < -0.4 is 10.1 Å². The number of ether oxygens (including phenoxy) is 1. The van der Waals surface area contributed by atoms with E-state index in [2.05, 4.69) is 5.32 Å². The van der Waals surface area contributed by atoms with Crippen LogP contribution in [0.2, 0.25) is 0 Å². The topological polar surface area (TPSA) is 75.6 Å². The Morgan fingerprint density at radius 3 is 2.67 bits per heavy atom. The summed E-state index contributed by atoms with van der Waals surface area (Å²) in [4.78, 5) is 23.1. The minimum absolute atomic E-state index is 0.0942. The number of benzene rings is 1. The Labute approximate surface area is 125 Å². The van der Waals surface area contributed by atoms with E-state index >= 15 is 0 Å². The maximum Gasteiger partial charge on any atom is 0.326 e. The average Bonchev–Trinajstić information content (AvgIpc) is 2.49. The lowest BCUT2D eigenvalue weighted by Gasteiger charge is -2.20. The minimum atomic E-state index is -0.987. The first-order valence-electron chi connectivity index (χ1n) is 7.13. The molecule has 1 aromatic carbocycles. The van der Waals surface area contributed by atoms with Crippen LogP contribution in [0.4, 0.5) is 0 Å². The summed E-state index contributed by atoms with van der Waals surface area (Å²) < 4.78 is 5.13. The Balaban J connectivity index is 2.54. The number of hydrogen-bond acceptors (Lipinski definition) is 3. The van der Waals surface area contributed by atoms with Gasteiger partial charge in [-0.2, -0.15) is 0 Å². The van der Waals surface area contributed by atoms with Crippen molar-refractivity contribution in [3.8, 4) is 5.75 Å². The Morgan fingerprint density at radius 1 is 1.38 bits per heavy atom. The molecule has 5 nitrogen and oxygen atoms in total. The number of amides is 1. The fraction of sp³-hybridized carbons (Fsp3) is 0.500. The van der Waals surface area contributed by atoms with Crippen molar-refractivity contribution in [2.24, 2.45) is 5.92 Å². The lowest BCUT2D eigenvalue weighted by Crippen LogP contribution is -2.45. The molecule has 2 atom stereocenters. The highest BCUT2D eigenvalue weighted by Crippen LogP contribution is 2.14. The zero-order valence-corrected chi connectivity index (χ0v) is 12.8. The minimum Gasteiger partial charge on any atom is -0.497 e. The second-order valence-corrected chi connectivity index (χ2v) is 5.12. The largest absolute Gasteiger partial charge is 0.497 e. The summed E-state index contributed by atoms with van der Waals surface area (Å²) in [6.07, 6.45) is 1.51. The van der Waals surface area contributed by atoms with Crippen LogP contribution in [0.25, 0.3) is 0 Å². The van der Waals surface area contributed by atoms with Crippen molar-refractivity contribution in [1.29, 1.82) is 0 Å². The molecule has 0 fully saturated rings. The zero-order chi connectivity index (χ0) is 15.8. The predicted molar refractivity (Wildman–Crippen MR) is 80.3 cm³/mol. The van der Waals surface area contributed by atoms with Crippen molar-refractivity contribution in [2.75, 3.05) is 7.11 Å². The van der Waals surface area contributed by atoms with Crippen LogP contribution in [0.3, 0.4) is 0 Å². The van der Waals surface area contributed by atoms with Gasteiger partial charge < -0.3 is 15.2 Å². The first-order chi connectivity index (χ1) is 9.97. The van der Waals surface area contributed by atoms with Crippen molar-refractivity contribution >= 4 is 11.9 Å². The Hall–Kier alpha value is -2.04. The van der Waals surface area contributed by atoms with E-state index in [0.717, 1.165) is 11.3 Å². The molecule has 1 rings (SSSR count). The van der Waals surface area contributed by atoms with Gasteiger partial charge in [0, 0.05) is 6.42 Å². The number of carboxylic acid groups (broad SMARTS) is 1. The summed E-state index contributed by atoms with van der Waals surface area (Å²) in [6, 6.07) is 6.67. The van der Waals surface area contributed by atoms with Crippen LogP contribution in [0.1, 0.15) is 32.3 Å². The van der Waals surface area contributed by atoms with Gasteiger partial charge in [0.25, 0.3) is 0 Å². The van der Waals surface area contributed by atoms with Gasteiger partial charge in [0.05, 0.1) is 7.11 Å². The molecule has 2 N–H and O–H groups in total. The monoisotopic (exact) mass is 293 g/mol. The molecule has 0 aliphatic carbocycles. The fourth-order valence-electron chi connectivity index (χ4n) is 2.01. The summed E-state index contributed by atoms with van der Waals surface area (Å²) in [5.41, 5.74) is 0.986. The number of rotatable bonds is 8. The fourth-order valence-corrected chi connectivity index (χ4v) is 2.01. The molecule has 1 aromatic rings. The summed E-state index contributed by atoms with van der Waals surface area (Å²) >= 11 is 0. The molecule has 116 valence electrons. The van der Waals surface area contributed by atoms with Crippen molar-refractivity contribution in [3.05, 3.63) is 29.8 Å². The first-order valence-corrected chi connectivity index (χ1v) is 7.13. The number of hydrogen-bond donors (Lipinski definition) is 2. The summed E-state index contributed by atoms with van der Waals surface area (Å²) in [5, 5.41) is 11.7. The van der Waals surface area contributed by atoms with Gasteiger partial charge in [-0.3, -0.25) is 4.79 Å². The van der Waals surface area contributed by atoms with Gasteiger partial charge in [-0.25, -0.2) is 4.79 Å². The van der Waals surface area contributed by atoms with Crippen LogP contribution in [-0.4, -0.2) is 30.1 Å². The molecular formula is C16H23NO4. The molecule has 0 aromatic heterocycles. The Morgan fingerprint density at radius 2 is 2.10 bits per heavy atom. The van der Waals surface area contributed by atoms with Crippen molar-refractivity contribution in [3.63, 3.8) is 0 Å². The molecule has 0 bridgehead atoms. The number of carbonyl (C=O) groups is 2. The number of methoxy groups -OCH3 is 1. The molecule has 0 saturated carbocycles. The van der Waals surface area contributed by atoms with Crippen LogP contribution in [0.5, 0.6) is 5.75 Å². The number of aliphatic carboxylic acids is 1. The van der Waals surface area contributed by atoms with Crippen LogP contribution >= 0.6 is 0 Å². The van der Waals surface area contributed by atoms with E-state index in [-0.39, 0.29) is 18.2 Å². The van der Waals surface area contributed by atoms with Crippen molar-refractivity contribution in [2.45, 2.75) is 39.2 Å². The smallest absolute Gasteiger partial charge is 0.326 e. The lowest BCUT2D eigenvalue weighted by molar-refractivity contribution is -0.143. The van der Waals surface area contributed by atoms with E-state index in [0.29, 0.717) is 12.8 Å². The highest BCUT2D eigenvalue weighted by molar-refractivity contribution is 5.83. The Kier molecular flexibility index (Phi) is 6.72. The molecule has 21 heavy (non-hydrogen) atoms. The third-order valence-electron chi connectivity index (χ3n) is 3.57. The van der Waals surface area contributed by atoms with Gasteiger partial charge in [-0.15, -0.1) is 0 Å². The molecule has 0 spiro atoms. The van der Waals surface area contributed by atoms with Gasteiger partial charge in [0.2, 0.25) is 5.91 Å².